The lowest BCUT2D eigenvalue weighted by Crippen LogP contribution is -2.00. The van der Waals surface area contributed by atoms with Crippen LogP contribution in [0, 0.1) is 28.5 Å². The molecule has 0 aliphatic heterocycles. The third-order valence-corrected chi connectivity index (χ3v) is 4.06. The Morgan fingerprint density at radius 1 is 1.19 bits per heavy atom. The van der Waals surface area contributed by atoms with Gasteiger partial charge in [0.1, 0.15) is 18.0 Å². The average Bonchev–Trinajstić information content (AvgIpc) is 2.49. The first kappa shape index (κ1) is 15.2. The van der Waals surface area contributed by atoms with Crippen molar-refractivity contribution in [3.63, 3.8) is 0 Å². The summed E-state index contributed by atoms with van der Waals surface area (Å²) in [6.45, 7) is 0. The summed E-state index contributed by atoms with van der Waals surface area (Å²) >= 11 is 7.14. The molecule has 0 saturated heterocycles. The molecule has 0 bridgehead atoms. The van der Waals surface area contributed by atoms with Crippen molar-refractivity contribution in [3.8, 4) is 23.3 Å². The van der Waals surface area contributed by atoms with Gasteiger partial charge in [-0.3, -0.25) is 0 Å². The first-order valence-corrected chi connectivity index (χ1v) is 7.39. The van der Waals surface area contributed by atoms with E-state index in [2.05, 4.69) is 0 Å². The smallest absolute Gasteiger partial charge is 0.141 e. The van der Waals surface area contributed by atoms with E-state index in [1.54, 1.807) is 6.07 Å². The number of rotatable bonds is 2. The molecule has 2 rings (SSSR count). The molecule has 0 spiro atoms. The molecule has 2 aromatic rings. The van der Waals surface area contributed by atoms with Crippen LogP contribution in [0.25, 0.3) is 11.1 Å². The van der Waals surface area contributed by atoms with E-state index in [4.69, 9.17) is 22.6 Å². The molecular formula is C15H9ClFN3S. The van der Waals surface area contributed by atoms with Gasteiger partial charge < -0.3 is 5.73 Å². The highest BCUT2D eigenvalue weighted by Crippen LogP contribution is 2.36. The van der Waals surface area contributed by atoms with Crippen molar-refractivity contribution in [2.45, 2.75) is 4.90 Å². The van der Waals surface area contributed by atoms with Gasteiger partial charge in [-0.25, -0.2) is 4.39 Å². The van der Waals surface area contributed by atoms with Gasteiger partial charge in [0.15, 0.2) is 0 Å². The maximum Gasteiger partial charge on any atom is 0.141 e. The van der Waals surface area contributed by atoms with Crippen molar-refractivity contribution >= 4 is 29.1 Å². The van der Waals surface area contributed by atoms with Gasteiger partial charge in [-0.15, -0.1) is 11.8 Å². The normalized spacial score (nSPS) is 9.95. The van der Waals surface area contributed by atoms with Crippen molar-refractivity contribution < 1.29 is 4.39 Å². The van der Waals surface area contributed by atoms with E-state index in [0.29, 0.717) is 16.0 Å². The number of anilines is 1. The Hall–Kier alpha value is -2.21. The Labute approximate surface area is 130 Å². The van der Waals surface area contributed by atoms with E-state index >= 15 is 0 Å². The van der Waals surface area contributed by atoms with Gasteiger partial charge in [0.25, 0.3) is 0 Å². The minimum Gasteiger partial charge on any atom is -0.397 e. The van der Waals surface area contributed by atoms with Gasteiger partial charge in [0.05, 0.1) is 21.8 Å². The summed E-state index contributed by atoms with van der Waals surface area (Å²) in [4.78, 5) is 0.657. The molecule has 0 fully saturated rings. The van der Waals surface area contributed by atoms with Crippen molar-refractivity contribution in [2.24, 2.45) is 0 Å². The number of nitrogen functional groups attached to an aromatic ring is 1. The van der Waals surface area contributed by atoms with E-state index in [0.717, 1.165) is 0 Å². The van der Waals surface area contributed by atoms with E-state index < -0.39 is 5.82 Å². The molecule has 0 aromatic heterocycles. The summed E-state index contributed by atoms with van der Waals surface area (Å²) in [6.07, 6.45) is 1.81. The molecule has 6 heteroatoms. The number of nitriles is 2. The Balaban J connectivity index is 2.80. The Bertz CT molecular complexity index is 806. The summed E-state index contributed by atoms with van der Waals surface area (Å²) in [6, 6.07) is 9.88. The van der Waals surface area contributed by atoms with Crippen LogP contribution < -0.4 is 5.73 Å². The van der Waals surface area contributed by atoms with Gasteiger partial charge in [0, 0.05) is 10.5 Å². The summed E-state index contributed by atoms with van der Waals surface area (Å²) in [7, 11) is 0. The topological polar surface area (TPSA) is 73.6 Å². The molecule has 21 heavy (non-hydrogen) atoms. The minimum absolute atomic E-state index is 0.0370. The lowest BCUT2D eigenvalue weighted by molar-refractivity contribution is 0.628. The van der Waals surface area contributed by atoms with Gasteiger partial charge in [0.2, 0.25) is 0 Å². The fraction of sp³-hybridized carbons (Fsp3) is 0.0667. The highest BCUT2D eigenvalue weighted by molar-refractivity contribution is 7.98. The maximum atomic E-state index is 13.3. The largest absolute Gasteiger partial charge is 0.397 e. The highest BCUT2D eigenvalue weighted by atomic mass is 35.5. The van der Waals surface area contributed by atoms with E-state index in [9.17, 15) is 9.65 Å². The molecular weight excluding hydrogens is 309 g/mol. The molecule has 2 aromatic carbocycles. The van der Waals surface area contributed by atoms with E-state index in [1.807, 2.05) is 18.4 Å². The number of nitrogens with zero attached hydrogens (tertiary/aromatic N) is 2. The number of thioether (sulfide) groups is 1. The second-order valence-corrected chi connectivity index (χ2v) is 5.40. The lowest BCUT2D eigenvalue weighted by Gasteiger charge is -2.12. The average molecular weight is 318 g/mol. The van der Waals surface area contributed by atoms with Gasteiger partial charge >= 0.3 is 0 Å². The first-order chi connectivity index (χ1) is 10.0. The maximum absolute atomic E-state index is 13.3. The zero-order valence-corrected chi connectivity index (χ0v) is 12.5. The third-order valence-electron chi connectivity index (χ3n) is 3.00. The van der Waals surface area contributed by atoms with Crippen molar-refractivity contribution in [1.82, 2.24) is 0 Å². The van der Waals surface area contributed by atoms with Gasteiger partial charge in [-0.05, 0) is 30.0 Å². The molecule has 104 valence electrons. The van der Waals surface area contributed by atoms with Crippen LogP contribution in [0.3, 0.4) is 0 Å². The number of hydrogen-bond donors (Lipinski definition) is 1. The van der Waals surface area contributed by atoms with E-state index in [1.165, 1.54) is 30.0 Å². The number of halogens is 2. The molecule has 0 amide bonds. The summed E-state index contributed by atoms with van der Waals surface area (Å²) in [5.41, 5.74) is 7.61. The first-order valence-electron chi connectivity index (χ1n) is 5.79. The summed E-state index contributed by atoms with van der Waals surface area (Å²) < 4.78 is 13.3. The summed E-state index contributed by atoms with van der Waals surface area (Å²) in [5.74, 6) is -0.536. The molecule has 0 aliphatic rings. The number of nitrogens with two attached hydrogens (primary N) is 1. The van der Waals surface area contributed by atoms with Crippen molar-refractivity contribution in [2.75, 3.05) is 12.0 Å². The molecule has 0 aliphatic carbocycles. The molecule has 0 unspecified atom stereocenters. The molecule has 0 saturated carbocycles. The molecule has 0 radical (unpaired) electrons. The third kappa shape index (κ3) is 2.67. The molecule has 0 atom stereocenters. The standard InChI is InChI=1S/C15H9ClFN3S/c1-21-14-5-9(8-2-3-13(17)12(16)4-8)10(6-18)15(20)11(14)7-19/h2-5H,20H2,1H3. The molecule has 2 N–H and O–H groups in total. The molecule has 0 heterocycles. The minimum atomic E-state index is -0.536. The predicted molar refractivity (Wildman–Crippen MR) is 82.5 cm³/mol. The van der Waals surface area contributed by atoms with Crippen molar-refractivity contribution in [1.29, 1.82) is 10.5 Å². The quantitative estimate of drug-likeness (QED) is 0.665. The lowest BCUT2D eigenvalue weighted by atomic mass is 9.96. The zero-order chi connectivity index (χ0) is 15.6. The number of hydrogen-bond acceptors (Lipinski definition) is 4. The monoisotopic (exact) mass is 317 g/mol. The van der Waals surface area contributed by atoms with Crippen LogP contribution in [0.5, 0.6) is 0 Å². The van der Waals surface area contributed by atoms with Crippen LogP contribution in [0.4, 0.5) is 10.1 Å². The van der Waals surface area contributed by atoms with Gasteiger partial charge in [-0.2, -0.15) is 10.5 Å². The fourth-order valence-electron chi connectivity index (χ4n) is 1.97. The van der Waals surface area contributed by atoms with Crippen LogP contribution in [-0.4, -0.2) is 6.26 Å². The van der Waals surface area contributed by atoms with Crippen molar-refractivity contribution in [3.05, 3.63) is 46.2 Å². The Morgan fingerprint density at radius 2 is 1.86 bits per heavy atom. The van der Waals surface area contributed by atoms with Crippen LogP contribution in [-0.2, 0) is 0 Å². The molecule has 3 nitrogen and oxygen atoms in total. The number of benzene rings is 2. The van der Waals surface area contributed by atoms with E-state index in [-0.39, 0.29) is 21.8 Å². The Morgan fingerprint density at radius 3 is 2.38 bits per heavy atom. The van der Waals surface area contributed by atoms with Gasteiger partial charge in [-0.1, -0.05) is 17.7 Å². The van der Waals surface area contributed by atoms with Crippen LogP contribution in [0.2, 0.25) is 5.02 Å². The second kappa shape index (κ2) is 6.05. The predicted octanol–water partition coefficient (Wildman–Crippen LogP) is 4.19. The summed E-state index contributed by atoms with van der Waals surface area (Å²) in [5, 5.41) is 18.4. The Kier molecular flexibility index (Phi) is 4.37. The van der Waals surface area contributed by atoms with Crippen LogP contribution >= 0.6 is 23.4 Å². The van der Waals surface area contributed by atoms with Crippen LogP contribution in [0.15, 0.2) is 29.2 Å². The van der Waals surface area contributed by atoms with Crippen LogP contribution in [0.1, 0.15) is 11.1 Å². The SMILES string of the molecule is CSc1cc(-c2ccc(F)c(Cl)c2)c(C#N)c(N)c1C#N. The fourth-order valence-corrected chi connectivity index (χ4v) is 2.74. The zero-order valence-electron chi connectivity index (χ0n) is 10.9. The second-order valence-electron chi connectivity index (χ2n) is 4.14. The highest BCUT2D eigenvalue weighted by Gasteiger charge is 2.17.